The Morgan fingerprint density at radius 3 is 2.53 bits per heavy atom. The minimum atomic E-state index is -0.928. The highest BCUT2D eigenvalue weighted by molar-refractivity contribution is 9.10. The first-order valence-corrected chi connectivity index (χ1v) is 12.5. The van der Waals surface area contributed by atoms with Gasteiger partial charge in [-0.1, -0.05) is 22.0 Å². The zero-order valence-electron chi connectivity index (χ0n) is 19.4. The number of carbonyl (C=O) groups is 1. The lowest BCUT2D eigenvalue weighted by molar-refractivity contribution is 0.0912. The molecule has 1 unspecified atom stereocenters. The van der Waals surface area contributed by atoms with Crippen molar-refractivity contribution in [3.05, 3.63) is 75.5 Å². The lowest BCUT2D eigenvalue weighted by Crippen LogP contribution is -2.31. The van der Waals surface area contributed by atoms with Crippen LogP contribution in [0.4, 0.5) is 14.6 Å². The minimum absolute atomic E-state index is 0.149. The summed E-state index contributed by atoms with van der Waals surface area (Å²) in [7, 11) is 0. The number of nitrogen functional groups attached to an aromatic ring is 1. The predicted molar refractivity (Wildman–Crippen MR) is 135 cm³/mol. The molecular weight excluding hydrogens is 534 g/mol. The molecule has 10 heteroatoms. The van der Waals surface area contributed by atoms with Gasteiger partial charge in [-0.3, -0.25) is 4.79 Å². The van der Waals surface area contributed by atoms with E-state index >= 15 is 4.39 Å². The predicted octanol–water partition coefficient (Wildman–Crippen LogP) is 4.50. The van der Waals surface area contributed by atoms with E-state index in [0.29, 0.717) is 27.2 Å². The number of amides is 1. The van der Waals surface area contributed by atoms with Gasteiger partial charge < -0.3 is 21.3 Å². The highest BCUT2D eigenvalue weighted by atomic mass is 79.9. The SMILES string of the molecule is Nc1ncc(C2CCC(CO)CC2)nc1-c1ccc(C(=O)NC(CO)c2cc(F)cc(Br)c2)c(F)c1. The summed E-state index contributed by atoms with van der Waals surface area (Å²) in [5.74, 6) is -1.44. The molecule has 3 aromatic rings. The summed E-state index contributed by atoms with van der Waals surface area (Å²) in [5.41, 5.74) is 7.63. The van der Waals surface area contributed by atoms with Crippen LogP contribution in [0, 0.1) is 17.6 Å². The van der Waals surface area contributed by atoms with Crippen LogP contribution in [-0.4, -0.2) is 39.3 Å². The standard InChI is InChI=1S/C26H27BrF2N4O3/c27-18-7-17(8-19(28)10-18)23(13-35)33-26(36)20-6-5-16(9-21(20)29)24-25(30)31-11-22(32-24)15-3-1-14(12-34)2-4-15/h5-11,14-15,23,34-35H,1-4,12-13H2,(H2,30,31)(H,33,36). The maximum absolute atomic E-state index is 15.0. The van der Waals surface area contributed by atoms with E-state index in [2.05, 4.69) is 31.2 Å². The normalized spacial score (nSPS) is 18.6. The Morgan fingerprint density at radius 2 is 1.89 bits per heavy atom. The summed E-state index contributed by atoms with van der Waals surface area (Å²) < 4.78 is 29.2. The smallest absolute Gasteiger partial charge is 0.254 e. The number of nitrogens with two attached hydrogens (primary N) is 1. The molecule has 0 radical (unpaired) electrons. The maximum Gasteiger partial charge on any atom is 0.254 e. The summed E-state index contributed by atoms with van der Waals surface area (Å²) in [6, 6.07) is 7.11. The van der Waals surface area contributed by atoms with Crippen molar-refractivity contribution in [3.8, 4) is 11.3 Å². The third-order valence-electron chi connectivity index (χ3n) is 6.60. The van der Waals surface area contributed by atoms with Crippen molar-refractivity contribution in [2.24, 2.45) is 5.92 Å². The Morgan fingerprint density at radius 1 is 1.14 bits per heavy atom. The number of hydrogen-bond donors (Lipinski definition) is 4. The van der Waals surface area contributed by atoms with Crippen molar-refractivity contribution in [1.82, 2.24) is 15.3 Å². The van der Waals surface area contributed by atoms with Crippen molar-refractivity contribution >= 4 is 27.7 Å². The van der Waals surface area contributed by atoms with E-state index in [1.165, 1.54) is 30.3 Å². The van der Waals surface area contributed by atoms with E-state index in [9.17, 15) is 19.4 Å². The van der Waals surface area contributed by atoms with Gasteiger partial charge in [0.2, 0.25) is 0 Å². The van der Waals surface area contributed by atoms with Crippen LogP contribution in [0.3, 0.4) is 0 Å². The highest BCUT2D eigenvalue weighted by Gasteiger charge is 2.25. The van der Waals surface area contributed by atoms with Crippen molar-refractivity contribution in [3.63, 3.8) is 0 Å². The molecular formula is C26H27BrF2N4O3. The zero-order valence-corrected chi connectivity index (χ0v) is 21.0. The molecule has 0 saturated heterocycles. The molecule has 7 nitrogen and oxygen atoms in total. The Labute approximate surface area is 215 Å². The molecule has 1 aromatic heterocycles. The monoisotopic (exact) mass is 560 g/mol. The Hall–Kier alpha value is -2.95. The van der Waals surface area contributed by atoms with Crippen LogP contribution in [0.2, 0.25) is 0 Å². The van der Waals surface area contributed by atoms with Gasteiger partial charge in [-0.05, 0) is 67.5 Å². The molecule has 0 bridgehead atoms. The lowest BCUT2D eigenvalue weighted by Gasteiger charge is -2.27. The van der Waals surface area contributed by atoms with E-state index in [1.807, 2.05) is 0 Å². The summed E-state index contributed by atoms with van der Waals surface area (Å²) in [5, 5.41) is 21.6. The molecule has 5 N–H and O–H groups in total. The van der Waals surface area contributed by atoms with E-state index < -0.39 is 30.2 Å². The van der Waals surface area contributed by atoms with Crippen LogP contribution in [0.25, 0.3) is 11.3 Å². The van der Waals surface area contributed by atoms with Gasteiger partial charge in [-0.25, -0.2) is 18.7 Å². The van der Waals surface area contributed by atoms with E-state index in [1.54, 1.807) is 12.3 Å². The van der Waals surface area contributed by atoms with E-state index in [4.69, 9.17) is 5.73 Å². The molecule has 1 fully saturated rings. The van der Waals surface area contributed by atoms with Gasteiger partial charge in [0.15, 0.2) is 0 Å². The number of benzene rings is 2. The Balaban J connectivity index is 1.54. The number of hydrogen-bond acceptors (Lipinski definition) is 6. The number of aliphatic hydroxyl groups is 2. The number of rotatable bonds is 7. The Bertz CT molecular complexity index is 1230. The number of aromatic nitrogens is 2. The molecule has 190 valence electrons. The number of anilines is 1. The quantitative estimate of drug-likeness (QED) is 0.337. The maximum atomic E-state index is 15.0. The lowest BCUT2D eigenvalue weighted by atomic mass is 9.81. The van der Waals surface area contributed by atoms with Gasteiger partial charge in [0.25, 0.3) is 5.91 Å². The van der Waals surface area contributed by atoms with E-state index in [0.717, 1.165) is 31.4 Å². The van der Waals surface area contributed by atoms with E-state index in [-0.39, 0.29) is 23.9 Å². The van der Waals surface area contributed by atoms with Gasteiger partial charge in [-0.2, -0.15) is 0 Å². The van der Waals surface area contributed by atoms with Crippen molar-refractivity contribution in [1.29, 1.82) is 0 Å². The summed E-state index contributed by atoms with van der Waals surface area (Å²) >= 11 is 3.18. The summed E-state index contributed by atoms with van der Waals surface area (Å²) in [6.07, 6.45) is 5.21. The molecule has 0 spiro atoms. The molecule has 1 atom stereocenters. The second-order valence-corrected chi connectivity index (χ2v) is 9.95. The van der Waals surface area contributed by atoms with Crippen LogP contribution >= 0.6 is 15.9 Å². The fraction of sp³-hybridized carbons (Fsp3) is 0.346. The molecule has 36 heavy (non-hydrogen) atoms. The third-order valence-corrected chi connectivity index (χ3v) is 7.06. The first kappa shape index (κ1) is 26.1. The number of carbonyl (C=O) groups excluding carboxylic acids is 1. The van der Waals surface area contributed by atoms with Gasteiger partial charge in [0.05, 0.1) is 30.1 Å². The van der Waals surface area contributed by atoms with Crippen LogP contribution in [0.5, 0.6) is 0 Å². The molecule has 1 amide bonds. The molecule has 0 aliphatic heterocycles. The minimum Gasteiger partial charge on any atom is -0.396 e. The van der Waals surface area contributed by atoms with Crippen molar-refractivity contribution in [2.75, 3.05) is 18.9 Å². The van der Waals surface area contributed by atoms with Crippen LogP contribution < -0.4 is 11.1 Å². The average Bonchev–Trinajstić information content (AvgIpc) is 2.86. The fourth-order valence-electron chi connectivity index (χ4n) is 4.56. The van der Waals surface area contributed by atoms with Gasteiger partial charge >= 0.3 is 0 Å². The second kappa shape index (κ2) is 11.4. The molecule has 2 aromatic carbocycles. The number of nitrogens with one attached hydrogen (secondary N) is 1. The number of nitrogens with zero attached hydrogens (tertiary/aromatic N) is 2. The van der Waals surface area contributed by atoms with Gasteiger partial charge in [0, 0.05) is 22.6 Å². The summed E-state index contributed by atoms with van der Waals surface area (Å²) in [4.78, 5) is 21.7. The van der Waals surface area contributed by atoms with Crippen LogP contribution in [0.15, 0.2) is 47.1 Å². The fourth-order valence-corrected chi connectivity index (χ4v) is 5.04. The molecule has 1 heterocycles. The molecule has 1 aliphatic carbocycles. The number of halogens is 3. The largest absolute Gasteiger partial charge is 0.396 e. The molecule has 1 aliphatic rings. The van der Waals surface area contributed by atoms with Gasteiger partial charge in [-0.15, -0.1) is 0 Å². The average molecular weight is 561 g/mol. The molecule has 4 rings (SSSR count). The topological polar surface area (TPSA) is 121 Å². The highest BCUT2D eigenvalue weighted by Crippen LogP contribution is 2.36. The second-order valence-electron chi connectivity index (χ2n) is 9.03. The van der Waals surface area contributed by atoms with Crippen LogP contribution in [-0.2, 0) is 0 Å². The Kier molecular flexibility index (Phi) is 8.28. The zero-order chi connectivity index (χ0) is 25.8. The third kappa shape index (κ3) is 5.88. The molecule has 1 saturated carbocycles. The van der Waals surface area contributed by atoms with Gasteiger partial charge in [0.1, 0.15) is 23.1 Å². The van der Waals surface area contributed by atoms with Crippen molar-refractivity contribution < 1.29 is 23.8 Å². The van der Waals surface area contributed by atoms with Crippen LogP contribution in [0.1, 0.15) is 59.3 Å². The first-order chi connectivity index (χ1) is 17.3. The number of aliphatic hydroxyl groups excluding tert-OH is 2. The summed E-state index contributed by atoms with van der Waals surface area (Å²) in [6.45, 7) is -0.316. The van der Waals surface area contributed by atoms with Crippen molar-refractivity contribution in [2.45, 2.75) is 37.6 Å². The first-order valence-electron chi connectivity index (χ1n) is 11.7.